The van der Waals surface area contributed by atoms with E-state index in [9.17, 15) is 0 Å². The number of fused-ring (bicyclic) bond motifs is 3. The number of ether oxygens (including phenoxy) is 2. The highest BCUT2D eigenvalue weighted by atomic mass is 35.5. The van der Waals surface area contributed by atoms with Crippen LogP contribution in [0.15, 0.2) is 18.2 Å². The third-order valence-electron chi connectivity index (χ3n) is 3.55. The molecule has 0 atom stereocenters. The molecule has 0 fully saturated rings. The van der Waals surface area contributed by atoms with E-state index in [1.54, 1.807) is 11.3 Å². The number of halogens is 1. The monoisotopic (exact) mass is 365 g/mol. The number of nitrogen functional groups attached to an aromatic ring is 1. The first-order valence-electron chi connectivity index (χ1n) is 7.98. The van der Waals surface area contributed by atoms with E-state index >= 15 is 0 Å². The predicted octanol–water partition coefficient (Wildman–Crippen LogP) is 4.01. The van der Waals surface area contributed by atoms with Crippen LogP contribution in [0.3, 0.4) is 0 Å². The molecule has 24 heavy (non-hydrogen) atoms. The fraction of sp³-hybridized carbons (Fsp3) is 0.412. The Bertz CT molecular complexity index is 837. The average molecular weight is 366 g/mol. The second-order valence-electron chi connectivity index (χ2n) is 5.36. The standard InChI is InChI=1S/C17H20ClN3O2S/c1-2-3-14-21-15-16(24-14)12-5-4-11(10-13(12)20-17(15)19)23-9-8-22-7-6-18/h4-5,10H,2-3,6-9H2,1H3,(H2,19,20). The lowest BCUT2D eigenvalue weighted by Gasteiger charge is -2.08. The van der Waals surface area contributed by atoms with Crippen LogP contribution in [0.25, 0.3) is 21.1 Å². The quantitative estimate of drug-likeness (QED) is 0.482. The van der Waals surface area contributed by atoms with Crippen LogP contribution < -0.4 is 10.5 Å². The molecule has 0 aliphatic carbocycles. The van der Waals surface area contributed by atoms with E-state index in [0.717, 1.165) is 44.7 Å². The highest BCUT2D eigenvalue weighted by Gasteiger charge is 2.12. The van der Waals surface area contributed by atoms with Crippen molar-refractivity contribution in [2.75, 3.05) is 31.4 Å². The third kappa shape index (κ3) is 3.71. The molecule has 5 nitrogen and oxygen atoms in total. The first-order chi connectivity index (χ1) is 11.7. The molecule has 128 valence electrons. The molecule has 0 unspecified atom stereocenters. The van der Waals surface area contributed by atoms with Gasteiger partial charge in [0.1, 0.15) is 17.9 Å². The van der Waals surface area contributed by atoms with E-state index in [1.807, 2.05) is 18.2 Å². The van der Waals surface area contributed by atoms with Gasteiger partial charge >= 0.3 is 0 Å². The number of hydrogen-bond acceptors (Lipinski definition) is 6. The largest absolute Gasteiger partial charge is 0.491 e. The Morgan fingerprint density at radius 1 is 1.21 bits per heavy atom. The number of anilines is 1. The number of rotatable bonds is 8. The Balaban J connectivity index is 1.85. The summed E-state index contributed by atoms with van der Waals surface area (Å²) in [6, 6.07) is 5.87. The number of hydrogen-bond donors (Lipinski definition) is 1. The van der Waals surface area contributed by atoms with Crippen molar-refractivity contribution in [3.63, 3.8) is 0 Å². The molecular weight excluding hydrogens is 346 g/mol. The van der Waals surface area contributed by atoms with Crippen molar-refractivity contribution in [1.82, 2.24) is 9.97 Å². The Hall–Kier alpha value is -1.63. The minimum atomic E-state index is 0.471. The molecule has 0 saturated carbocycles. The number of aromatic nitrogens is 2. The summed E-state index contributed by atoms with van der Waals surface area (Å²) in [6.45, 7) is 3.66. The molecule has 1 aromatic carbocycles. The van der Waals surface area contributed by atoms with Crippen LogP contribution in [0.4, 0.5) is 5.82 Å². The second-order valence-corrected chi connectivity index (χ2v) is 6.82. The molecule has 0 spiro atoms. The van der Waals surface area contributed by atoms with E-state index in [0.29, 0.717) is 31.5 Å². The van der Waals surface area contributed by atoms with Gasteiger partial charge in [-0.3, -0.25) is 0 Å². The number of aryl methyl sites for hydroxylation is 1. The fourth-order valence-corrected chi connectivity index (χ4v) is 3.80. The minimum absolute atomic E-state index is 0.471. The summed E-state index contributed by atoms with van der Waals surface area (Å²) in [7, 11) is 0. The number of pyridine rings is 1. The smallest absolute Gasteiger partial charge is 0.151 e. The summed E-state index contributed by atoms with van der Waals surface area (Å²) in [6.07, 6.45) is 2.03. The molecule has 3 rings (SSSR count). The van der Waals surface area contributed by atoms with Gasteiger partial charge < -0.3 is 15.2 Å². The maximum Gasteiger partial charge on any atom is 0.151 e. The molecule has 2 N–H and O–H groups in total. The fourth-order valence-electron chi connectivity index (χ4n) is 2.48. The summed E-state index contributed by atoms with van der Waals surface area (Å²) >= 11 is 7.25. The van der Waals surface area contributed by atoms with Crippen LogP contribution in [0.1, 0.15) is 18.4 Å². The van der Waals surface area contributed by atoms with Crippen molar-refractivity contribution in [3.8, 4) is 5.75 Å². The van der Waals surface area contributed by atoms with Gasteiger partial charge in [0, 0.05) is 17.3 Å². The van der Waals surface area contributed by atoms with Crippen LogP contribution in [-0.2, 0) is 11.2 Å². The van der Waals surface area contributed by atoms with Crippen molar-refractivity contribution >= 4 is 49.9 Å². The molecule has 0 aliphatic heterocycles. The molecule has 0 amide bonds. The highest BCUT2D eigenvalue weighted by molar-refractivity contribution is 7.19. The van der Waals surface area contributed by atoms with Gasteiger partial charge in [-0.1, -0.05) is 6.92 Å². The topological polar surface area (TPSA) is 70.3 Å². The number of thiazole rings is 1. The summed E-state index contributed by atoms with van der Waals surface area (Å²) in [5.74, 6) is 1.71. The first kappa shape index (κ1) is 17.2. The van der Waals surface area contributed by atoms with Gasteiger partial charge in [0.05, 0.1) is 28.4 Å². The van der Waals surface area contributed by atoms with Crippen molar-refractivity contribution in [2.24, 2.45) is 0 Å². The van der Waals surface area contributed by atoms with Gasteiger partial charge in [0.2, 0.25) is 0 Å². The van der Waals surface area contributed by atoms with Crippen LogP contribution in [0.5, 0.6) is 5.75 Å². The van der Waals surface area contributed by atoms with Gasteiger partial charge in [0.25, 0.3) is 0 Å². The zero-order chi connectivity index (χ0) is 16.9. The predicted molar refractivity (Wildman–Crippen MR) is 100 cm³/mol. The number of alkyl halides is 1. The molecule has 0 saturated heterocycles. The van der Waals surface area contributed by atoms with Crippen LogP contribution in [0, 0.1) is 0 Å². The molecule has 7 heteroatoms. The molecule has 2 heterocycles. The van der Waals surface area contributed by atoms with Crippen molar-refractivity contribution in [2.45, 2.75) is 19.8 Å². The summed E-state index contributed by atoms with van der Waals surface area (Å²) in [5, 5.41) is 2.16. The van der Waals surface area contributed by atoms with Gasteiger partial charge in [-0.2, -0.15) is 0 Å². The SMILES string of the molecule is CCCc1nc2c(N)nc3cc(OCCOCCCl)ccc3c2s1. The summed E-state index contributed by atoms with van der Waals surface area (Å²) in [5.41, 5.74) is 7.73. The maximum absolute atomic E-state index is 6.10. The van der Waals surface area contributed by atoms with Crippen LogP contribution >= 0.6 is 22.9 Å². The van der Waals surface area contributed by atoms with E-state index in [4.69, 9.17) is 26.8 Å². The second kappa shape index (κ2) is 7.96. The van der Waals surface area contributed by atoms with Gasteiger partial charge in [-0.05, 0) is 25.0 Å². The van der Waals surface area contributed by atoms with Crippen molar-refractivity contribution in [3.05, 3.63) is 23.2 Å². The Labute approximate surface area is 149 Å². The molecule has 0 radical (unpaired) electrons. The van der Waals surface area contributed by atoms with Crippen LogP contribution in [0.2, 0.25) is 0 Å². The average Bonchev–Trinajstić information content (AvgIpc) is 2.99. The Morgan fingerprint density at radius 2 is 2.08 bits per heavy atom. The first-order valence-corrected chi connectivity index (χ1v) is 9.33. The van der Waals surface area contributed by atoms with E-state index < -0.39 is 0 Å². The lowest BCUT2D eigenvalue weighted by atomic mass is 10.2. The lowest BCUT2D eigenvalue weighted by Crippen LogP contribution is -2.08. The zero-order valence-electron chi connectivity index (χ0n) is 13.5. The van der Waals surface area contributed by atoms with Gasteiger partial charge in [-0.15, -0.1) is 22.9 Å². The van der Waals surface area contributed by atoms with Crippen molar-refractivity contribution < 1.29 is 9.47 Å². The number of nitrogens with zero attached hydrogens (tertiary/aromatic N) is 2. The Kier molecular flexibility index (Phi) is 5.71. The molecule has 0 bridgehead atoms. The molecule has 3 aromatic rings. The minimum Gasteiger partial charge on any atom is -0.491 e. The molecule has 0 aliphatic rings. The Morgan fingerprint density at radius 3 is 2.88 bits per heavy atom. The van der Waals surface area contributed by atoms with E-state index in [1.165, 1.54) is 0 Å². The normalized spacial score (nSPS) is 11.4. The summed E-state index contributed by atoms with van der Waals surface area (Å²) in [4.78, 5) is 9.11. The third-order valence-corrected chi connectivity index (χ3v) is 4.85. The summed E-state index contributed by atoms with van der Waals surface area (Å²) < 4.78 is 12.1. The van der Waals surface area contributed by atoms with E-state index in [-0.39, 0.29) is 0 Å². The maximum atomic E-state index is 6.10. The zero-order valence-corrected chi connectivity index (χ0v) is 15.1. The highest BCUT2D eigenvalue weighted by Crippen LogP contribution is 2.34. The molecule has 2 aromatic heterocycles. The molecular formula is C17H20ClN3O2S. The van der Waals surface area contributed by atoms with Crippen LogP contribution in [-0.4, -0.2) is 35.7 Å². The number of nitrogens with two attached hydrogens (primary N) is 1. The lowest BCUT2D eigenvalue weighted by molar-refractivity contribution is 0.111. The van der Waals surface area contributed by atoms with E-state index in [2.05, 4.69) is 16.9 Å². The number of benzene rings is 1. The van der Waals surface area contributed by atoms with Crippen molar-refractivity contribution in [1.29, 1.82) is 0 Å². The van der Waals surface area contributed by atoms with Gasteiger partial charge in [-0.25, -0.2) is 9.97 Å². The van der Waals surface area contributed by atoms with Gasteiger partial charge in [0.15, 0.2) is 5.82 Å².